The molecule has 1 aliphatic rings. The minimum atomic E-state index is 0.109. The van der Waals surface area contributed by atoms with Crippen LogP contribution in [0.25, 0.3) is 0 Å². The summed E-state index contributed by atoms with van der Waals surface area (Å²) in [4.78, 5) is 16.0. The number of rotatable bonds is 8. The molecule has 4 nitrogen and oxygen atoms in total. The Kier molecular flexibility index (Phi) is 5.95. The fourth-order valence-corrected chi connectivity index (χ4v) is 2.67. The predicted molar refractivity (Wildman–Crippen MR) is 88.1 cm³/mol. The molecule has 2 rings (SSSR count). The summed E-state index contributed by atoms with van der Waals surface area (Å²) in [6, 6.07) is 5.02. The summed E-state index contributed by atoms with van der Waals surface area (Å²) in [5, 5.41) is 3.51. The molecule has 0 unspecified atom stereocenters. The van der Waals surface area contributed by atoms with Crippen molar-refractivity contribution < 1.29 is 9.53 Å². The standard InChI is InChI=1S/C18H28N2O2/c1-12(2)17(21)6-5-14-7-8-19-18(9-14)22-16-10-15(11-16)20-13(3)4/h7-9,12-13,15-16,20H,5-6,10-11H2,1-4H3. The number of ketones is 1. The third-order valence-electron chi connectivity index (χ3n) is 4.05. The lowest BCUT2D eigenvalue weighted by Gasteiger charge is -2.36. The minimum absolute atomic E-state index is 0.109. The van der Waals surface area contributed by atoms with E-state index in [2.05, 4.69) is 24.1 Å². The fourth-order valence-electron chi connectivity index (χ4n) is 2.67. The van der Waals surface area contributed by atoms with E-state index in [0.717, 1.165) is 24.8 Å². The molecule has 0 bridgehead atoms. The molecule has 1 aromatic heterocycles. The van der Waals surface area contributed by atoms with Gasteiger partial charge in [0, 0.05) is 36.7 Å². The summed E-state index contributed by atoms with van der Waals surface area (Å²) in [6.07, 6.45) is 5.46. The van der Waals surface area contributed by atoms with Gasteiger partial charge in [-0.25, -0.2) is 4.98 Å². The van der Waals surface area contributed by atoms with Gasteiger partial charge in [-0.1, -0.05) is 27.7 Å². The van der Waals surface area contributed by atoms with E-state index >= 15 is 0 Å². The maximum absolute atomic E-state index is 11.7. The first-order valence-corrected chi connectivity index (χ1v) is 8.34. The highest BCUT2D eigenvalue weighted by atomic mass is 16.5. The number of Topliss-reactive ketones (excluding diaryl/α,β-unsaturated/α-hetero) is 1. The second-order valence-corrected chi connectivity index (χ2v) is 6.85. The number of aromatic nitrogens is 1. The lowest BCUT2D eigenvalue weighted by atomic mass is 9.89. The van der Waals surface area contributed by atoms with Crippen LogP contribution in [0.15, 0.2) is 18.3 Å². The lowest BCUT2D eigenvalue weighted by molar-refractivity contribution is -0.121. The first kappa shape index (κ1) is 16.9. The summed E-state index contributed by atoms with van der Waals surface area (Å²) in [6.45, 7) is 8.22. The molecule has 4 heteroatoms. The molecule has 1 aromatic rings. The average Bonchev–Trinajstić information content (AvgIpc) is 2.42. The van der Waals surface area contributed by atoms with Crippen LogP contribution in [0, 0.1) is 5.92 Å². The smallest absolute Gasteiger partial charge is 0.213 e. The molecular formula is C18H28N2O2. The highest BCUT2D eigenvalue weighted by molar-refractivity contribution is 5.80. The molecule has 0 aromatic carbocycles. The van der Waals surface area contributed by atoms with E-state index in [1.54, 1.807) is 6.20 Å². The molecule has 0 atom stereocenters. The van der Waals surface area contributed by atoms with Crippen molar-refractivity contribution in [1.82, 2.24) is 10.3 Å². The van der Waals surface area contributed by atoms with E-state index in [1.165, 1.54) is 0 Å². The van der Waals surface area contributed by atoms with Crippen LogP contribution in [0.3, 0.4) is 0 Å². The van der Waals surface area contributed by atoms with Gasteiger partial charge in [0.25, 0.3) is 0 Å². The number of carbonyl (C=O) groups excluding carboxylic acids is 1. The van der Waals surface area contributed by atoms with Crippen molar-refractivity contribution in [3.8, 4) is 5.88 Å². The molecule has 0 radical (unpaired) electrons. The van der Waals surface area contributed by atoms with Crippen LogP contribution in [0.5, 0.6) is 5.88 Å². The van der Waals surface area contributed by atoms with Gasteiger partial charge in [0.15, 0.2) is 0 Å². The Hall–Kier alpha value is -1.42. The van der Waals surface area contributed by atoms with Crippen LogP contribution in [-0.4, -0.2) is 29.0 Å². The zero-order valence-electron chi connectivity index (χ0n) is 14.1. The third-order valence-corrected chi connectivity index (χ3v) is 4.05. The van der Waals surface area contributed by atoms with E-state index < -0.39 is 0 Å². The quantitative estimate of drug-likeness (QED) is 0.801. The molecule has 22 heavy (non-hydrogen) atoms. The molecule has 1 heterocycles. The SMILES string of the molecule is CC(C)NC1CC(Oc2cc(CCC(=O)C(C)C)ccn2)C1. The number of hydrogen-bond donors (Lipinski definition) is 1. The molecule has 1 aliphatic carbocycles. The lowest BCUT2D eigenvalue weighted by Crippen LogP contribution is -2.49. The first-order chi connectivity index (χ1) is 10.4. The maximum Gasteiger partial charge on any atom is 0.213 e. The number of hydrogen-bond acceptors (Lipinski definition) is 4. The summed E-state index contributed by atoms with van der Waals surface area (Å²) in [7, 11) is 0. The zero-order valence-corrected chi connectivity index (χ0v) is 14.1. The highest BCUT2D eigenvalue weighted by Gasteiger charge is 2.31. The first-order valence-electron chi connectivity index (χ1n) is 8.34. The van der Waals surface area contributed by atoms with Gasteiger partial charge in [-0.3, -0.25) is 4.79 Å². The number of nitrogens with zero attached hydrogens (tertiary/aromatic N) is 1. The summed E-state index contributed by atoms with van der Waals surface area (Å²) < 4.78 is 5.92. The van der Waals surface area contributed by atoms with Gasteiger partial charge in [0.2, 0.25) is 5.88 Å². The van der Waals surface area contributed by atoms with Crippen molar-refractivity contribution in [3.05, 3.63) is 23.9 Å². The predicted octanol–water partition coefficient (Wildman–Crippen LogP) is 3.15. The van der Waals surface area contributed by atoms with E-state index in [9.17, 15) is 4.79 Å². The summed E-state index contributed by atoms with van der Waals surface area (Å²) in [5.41, 5.74) is 1.12. The zero-order chi connectivity index (χ0) is 16.1. The fraction of sp³-hybridized carbons (Fsp3) is 0.667. The van der Waals surface area contributed by atoms with Crippen molar-refractivity contribution >= 4 is 5.78 Å². The number of ether oxygens (including phenoxy) is 1. The van der Waals surface area contributed by atoms with E-state index in [1.807, 2.05) is 26.0 Å². The van der Waals surface area contributed by atoms with Crippen molar-refractivity contribution in [2.75, 3.05) is 0 Å². The van der Waals surface area contributed by atoms with Crippen LogP contribution in [0.1, 0.15) is 52.5 Å². The number of aryl methyl sites for hydroxylation is 1. The minimum Gasteiger partial charge on any atom is -0.474 e. The van der Waals surface area contributed by atoms with Crippen molar-refractivity contribution in [3.63, 3.8) is 0 Å². The molecule has 1 saturated carbocycles. The second kappa shape index (κ2) is 7.73. The Bertz CT molecular complexity index is 494. The van der Waals surface area contributed by atoms with E-state index in [4.69, 9.17) is 4.74 Å². The van der Waals surface area contributed by atoms with Gasteiger partial charge < -0.3 is 10.1 Å². The molecule has 0 saturated heterocycles. The molecule has 0 spiro atoms. The average molecular weight is 304 g/mol. The van der Waals surface area contributed by atoms with Gasteiger partial charge >= 0.3 is 0 Å². The van der Waals surface area contributed by atoms with E-state index in [0.29, 0.717) is 30.2 Å². The van der Waals surface area contributed by atoms with Gasteiger partial charge in [0.1, 0.15) is 11.9 Å². The normalized spacial score (nSPS) is 21.0. The number of carbonyl (C=O) groups is 1. The van der Waals surface area contributed by atoms with Crippen LogP contribution in [0.4, 0.5) is 0 Å². The Labute approximate surface area is 133 Å². The molecule has 1 N–H and O–H groups in total. The van der Waals surface area contributed by atoms with Crippen molar-refractivity contribution in [2.24, 2.45) is 5.92 Å². The Morgan fingerprint density at radius 1 is 1.36 bits per heavy atom. The van der Waals surface area contributed by atoms with Crippen molar-refractivity contribution in [2.45, 2.75) is 71.6 Å². The molecule has 122 valence electrons. The second-order valence-electron chi connectivity index (χ2n) is 6.85. The molecular weight excluding hydrogens is 276 g/mol. The molecule has 0 aliphatic heterocycles. The molecule has 1 fully saturated rings. The summed E-state index contributed by atoms with van der Waals surface area (Å²) >= 11 is 0. The van der Waals surface area contributed by atoms with Gasteiger partial charge in [-0.05, 0) is 30.9 Å². The molecule has 0 amide bonds. The monoisotopic (exact) mass is 304 g/mol. The van der Waals surface area contributed by atoms with Gasteiger partial charge in [-0.2, -0.15) is 0 Å². The van der Waals surface area contributed by atoms with Gasteiger partial charge in [-0.15, -0.1) is 0 Å². The largest absolute Gasteiger partial charge is 0.474 e. The topological polar surface area (TPSA) is 51.2 Å². The highest BCUT2D eigenvalue weighted by Crippen LogP contribution is 2.25. The van der Waals surface area contributed by atoms with Crippen LogP contribution >= 0.6 is 0 Å². The maximum atomic E-state index is 11.7. The van der Waals surface area contributed by atoms with Crippen LogP contribution < -0.4 is 10.1 Å². The van der Waals surface area contributed by atoms with E-state index in [-0.39, 0.29) is 12.0 Å². The van der Waals surface area contributed by atoms with Crippen molar-refractivity contribution in [1.29, 1.82) is 0 Å². The Morgan fingerprint density at radius 2 is 2.09 bits per heavy atom. The van der Waals surface area contributed by atoms with Gasteiger partial charge in [0.05, 0.1) is 0 Å². The number of pyridine rings is 1. The third kappa shape index (κ3) is 5.09. The Balaban J connectivity index is 1.79. The number of nitrogens with one attached hydrogen (secondary N) is 1. The van der Waals surface area contributed by atoms with Crippen LogP contribution in [-0.2, 0) is 11.2 Å². The van der Waals surface area contributed by atoms with Crippen LogP contribution in [0.2, 0.25) is 0 Å². The Morgan fingerprint density at radius 3 is 2.73 bits per heavy atom. The summed E-state index contributed by atoms with van der Waals surface area (Å²) in [5.74, 6) is 1.10.